The number of hydrogen-bond donors (Lipinski definition) is 3. The minimum atomic E-state index is -0.789. The lowest BCUT2D eigenvalue weighted by Crippen LogP contribution is -2.51. The van der Waals surface area contributed by atoms with Crippen LogP contribution in [-0.2, 0) is 4.79 Å². The number of carboxylic acids is 1. The van der Waals surface area contributed by atoms with Crippen LogP contribution in [0.2, 0.25) is 0 Å². The van der Waals surface area contributed by atoms with Crippen molar-refractivity contribution in [2.24, 2.45) is 17.8 Å². The zero-order chi connectivity index (χ0) is 22.0. The summed E-state index contributed by atoms with van der Waals surface area (Å²) in [4.78, 5) is 29.1. The summed E-state index contributed by atoms with van der Waals surface area (Å²) in [7, 11) is 0. The van der Waals surface area contributed by atoms with E-state index < -0.39 is 23.5 Å². The van der Waals surface area contributed by atoms with Gasteiger partial charge in [0.2, 0.25) is 0 Å². The number of carboxylic acid groups (broad SMARTS) is 1. The number of benzene rings is 1. The Morgan fingerprint density at radius 3 is 2.72 bits per heavy atom. The Balaban J connectivity index is 1.47. The van der Waals surface area contributed by atoms with E-state index in [0.717, 1.165) is 31.7 Å². The second-order valence-corrected chi connectivity index (χ2v) is 9.46. The number of anilines is 1. The highest BCUT2D eigenvalue weighted by Crippen LogP contribution is 2.46. The molecule has 3 fully saturated rings. The van der Waals surface area contributed by atoms with Crippen LogP contribution in [0.4, 0.5) is 14.6 Å². The van der Waals surface area contributed by atoms with Gasteiger partial charge in [0, 0.05) is 29.3 Å². The standard InChI is InChI=1S/C22H19F2N5O2S/c23-11-5-12-13(7-25-17(12)14(24)6-11)19-28-20(18-21(29-19)32-8-26-18)27-16-10-3-1-9(2-4-10)15(16)22(30)31/h5-10,15-16,25H,1-4H2,(H,30,31)(H,27,28,29)/t9?,10?,15-,16-/m0/s1. The molecule has 7 rings (SSSR count). The van der Waals surface area contributed by atoms with Crippen LogP contribution >= 0.6 is 11.3 Å². The number of aromatic amines is 1. The third-order valence-corrected chi connectivity index (χ3v) is 7.67. The first-order valence-electron chi connectivity index (χ1n) is 10.6. The molecule has 10 heteroatoms. The van der Waals surface area contributed by atoms with E-state index in [2.05, 4.69) is 25.3 Å². The summed E-state index contributed by atoms with van der Waals surface area (Å²) in [5.74, 6) is -1.48. The van der Waals surface area contributed by atoms with Gasteiger partial charge in [-0.15, -0.1) is 11.3 Å². The van der Waals surface area contributed by atoms with Crippen molar-refractivity contribution in [3.63, 3.8) is 0 Å². The number of aliphatic carboxylic acids is 1. The average molecular weight is 455 g/mol. The zero-order valence-electron chi connectivity index (χ0n) is 16.8. The first-order valence-corrected chi connectivity index (χ1v) is 11.4. The van der Waals surface area contributed by atoms with Gasteiger partial charge in [-0.05, 0) is 43.6 Å². The van der Waals surface area contributed by atoms with Gasteiger partial charge in [0.05, 0.1) is 16.9 Å². The van der Waals surface area contributed by atoms with Crippen molar-refractivity contribution in [3.05, 3.63) is 35.5 Å². The maximum atomic E-state index is 14.2. The summed E-state index contributed by atoms with van der Waals surface area (Å²) in [6.07, 6.45) is 5.42. The molecule has 4 aromatic rings. The van der Waals surface area contributed by atoms with E-state index in [1.807, 2.05) is 0 Å². The molecule has 0 saturated heterocycles. The fourth-order valence-corrected chi connectivity index (χ4v) is 6.15. The van der Waals surface area contributed by atoms with Crippen molar-refractivity contribution >= 4 is 44.4 Å². The lowest BCUT2D eigenvalue weighted by Gasteiger charge is -2.47. The van der Waals surface area contributed by atoms with Crippen molar-refractivity contribution in [3.8, 4) is 11.4 Å². The van der Waals surface area contributed by atoms with Gasteiger partial charge in [-0.3, -0.25) is 4.79 Å². The SMILES string of the molecule is O=C(O)[C@H]1C2CCC(CC2)[C@@H]1Nc1nc(-c2c[nH]c3c(F)cc(F)cc23)nc2scnc12. The van der Waals surface area contributed by atoms with Crippen molar-refractivity contribution in [2.45, 2.75) is 31.7 Å². The van der Waals surface area contributed by atoms with Gasteiger partial charge in [-0.1, -0.05) is 0 Å². The smallest absolute Gasteiger partial charge is 0.308 e. The van der Waals surface area contributed by atoms with Gasteiger partial charge in [0.15, 0.2) is 11.6 Å². The second kappa shape index (κ2) is 7.19. The number of thiazole rings is 1. The summed E-state index contributed by atoms with van der Waals surface area (Å²) >= 11 is 1.33. The Morgan fingerprint density at radius 1 is 1.16 bits per heavy atom. The van der Waals surface area contributed by atoms with Crippen molar-refractivity contribution in [1.82, 2.24) is 19.9 Å². The molecule has 0 radical (unpaired) electrons. The lowest BCUT2D eigenvalue weighted by atomic mass is 9.61. The van der Waals surface area contributed by atoms with Crippen LogP contribution < -0.4 is 5.32 Å². The largest absolute Gasteiger partial charge is 0.481 e. The maximum absolute atomic E-state index is 14.2. The number of fused-ring (bicyclic) bond motifs is 5. The molecule has 3 aliphatic rings. The maximum Gasteiger partial charge on any atom is 0.308 e. The zero-order valence-corrected chi connectivity index (χ0v) is 17.6. The predicted molar refractivity (Wildman–Crippen MR) is 116 cm³/mol. The second-order valence-electron chi connectivity index (χ2n) is 8.62. The van der Waals surface area contributed by atoms with Gasteiger partial charge in [0.25, 0.3) is 0 Å². The number of aromatic nitrogens is 4. The third-order valence-electron chi connectivity index (χ3n) is 6.95. The molecule has 32 heavy (non-hydrogen) atoms. The van der Waals surface area contributed by atoms with Crippen LogP contribution in [0.5, 0.6) is 0 Å². The molecule has 0 spiro atoms. The first-order chi connectivity index (χ1) is 15.5. The summed E-state index contributed by atoms with van der Waals surface area (Å²) in [6, 6.07) is 1.83. The van der Waals surface area contributed by atoms with Crippen LogP contribution in [0.1, 0.15) is 25.7 Å². The van der Waals surface area contributed by atoms with E-state index in [9.17, 15) is 18.7 Å². The number of nitrogens with one attached hydrogen (secondary N) is 2. The first kappa shape index (κ1) is 19.5. The average Bonchev–Trinajstić information content (AvgIpc) is 3.41. The van der Waals surface area contributed by atoms with E-state index in [-0.39, 0.29) is 23.4 Å². The molecule has 3 aliphatic carbocycles. The number of rotatable bonds is 4. The fourth-order valence-electron chi connectivity index (χ4n) is 5.49. The Labute approximate surface area is 184 Å². The number of H-pyrrole nitrogens is 1. The summed E-state index contributed by atoms with van der Waals surface area (Å²) in [5.41, 5.74) is 2.88. The van der Waals surface area contributed by atoms with E-state index in [0.29, 0.717) is 32.9 Å². The Bertz CT molecular complexity index is 1360. The lowest BCUT2D eigenvalue weighted by molar-refractivity contribution is -0.148. The van der Waals surface area contributed by atoms with Gasteiger partial charge < -0.3 is 15.4 Å². The highest BCUT2D eigenvalue weighted by atomic mass is 32.1. The van der Waals surface area contributed by atoms with Crippen LogP contribution in [0, 0.1) is 29.4 Å². The van der Waals surface area contributed by atoms with E-state index in [1.165, 1.54) is 17.4 Å². The number of hydrogen-bond acceptors (Lipinski definition) is 6. The topological polar surface area (TPSA) is 104 Å². The predicted octanol–water partition coefficient (Wildman–Crippen LogP) is 4.81. The van der Waals surface area contributed by atoms with Crippen LogP contribution in [0.15, 0.2) is 23.8 Å². The van der Waals surface area contributed by atoms with E-state index in [4.69, 9.17) is 0 Å². The Morgan fingerprint density at radius 2 is 1.94 bits per heavy atom. The molecule has 2 bridgehead atoms. The van der Waals surface area contributed by atoms with Crippen LogP contribution in [0.3, 0.4) is 0 Å². The fraction of sp³-hybridized carbons (Fsp3) is 0.364. The molecule has 2 atom stereocenters. The van der Waals surface area contributed by atoms with Gasteiger partial charge in [-0.2, -0.15) is 0 Å². The number of halogens is 2. The Kier molecular flexibility index (Phi) is 4.39. The highest BCUT2D eigenvalue weighted by molar-refractivity contribution is 7.16. The van der Waals surface area contributed by atoms with Crippen LogP contribution in [0.25, 0.3) is 32.6 Å². The Hall–Kier alpha value is -3.14. The molecule has 3 saturated carbocycles. The molecular weight excluding hydrogens is 436 g/mol. The van der Waals surface area contributed by atoms with E-state index >= 15 is 0 Å². The van der Waals surface area contributed by atoms with Gasteiger partial charge in [0.1, 0.15) is 22.0 Å². The molecule has 164 valence electrons. The molecule has 7 nitrogen and oxygen atoms in total. The quantitative estimate of drug-likeness (QED) is 0.408. The van der Waals surface area contributed by atoms with Crippen molar-refractivity contribution < 1.29 is 18.7 Å². The van der Waals surface area contributed by atoms with Crippen molar-refractivity contribution in [2.75, 3.05) is 5.32 Å². The molecule has 3 heterocycles. The number of nitrogens with zero attached hydrogens (tertiary/aromatic N) is 3. The van der Waals surface area contributed by atoms with Crippen molar-refractivity contribution in [1.29, 1.82) is 0 Å². The van der Waals surface area contributed by atoms with Gasteiger partial charge >= 0.3 is 5.97 Å². The molecule has 1 aromatic carbocycles. The molecule has 0 amide bonds. The van der Waals surface area contributed by atoms with Crippen LogP contribution in [-0.4, -0.2) is 37.1 Å². The number of carbonyl (C=O) groups is 1. The molecular formula is C22H19F2N5O2S. The van der Waals surface area contributed by atoms with Gasteiger partial charge in [-0.25, -0.2) is 23.7 Å². The summed E-state index contributed by atoms with van der Waals surface area (Å²) < 4.78 is 28.1. The minimum absolute atomic E-state index is 0.154. The molecule has 0 unspecified atom stereocenters. The molecule has 3 N–H and O–H groups in total. The summed E-state index contributed by atoms with van der Waals surface area (Å²) in [6.45, 7) is 0. The third kappa shape index (κ3) is 2.96. The highest BCUT2D eigenvalue weighted by Gasteiger charge is 2.47. The normalized spacial score (nSPS) is 24.9. The molecule has 3 aromatic heterocycles. The van der Waals surface area contributed by atoms with E-state index in [1.54, 1.807) is 11.7 Å². The summed E-state index contributed by atoms with van der Waals surface area (Å²) in [5, 5.41) is 13.6. The monoisotopic (exact) mass is 455 g/mol. The molecule has 0 aliphatic heterocycles. The minimum Gasteiger partial charge on any atom is -0.481 e.